The van der Waals surface area contributed by atoms with Gasteiger partial charge in [-0.3, -0.25) is 0 Å². The Bertz CT molecular complexity index is 310. The molecular weight excluding hydrogens is 270 g/mol. The molecule has 0 saturated carbocycles. The third kappa shape index (κ3) is 2.08. The minimum atomic E-state index is -0.302. The van der Waals surface area contributed by atoms with E-state index in [2.05, 4.69) is 5.32 Å². The smallest absolute Gasteiger partial charge is 0.152 e. The number of allylic oxidation sites excluding steroid dienone is 3. The molecule has 0 fully saturated rings. The van der Waals surface area contributed by atoms with Crippen molar-refractivity contribution in [2.45, 2.75) is 0 Å². The molecule has 0 unspecified atom stereocenters. The summed E-state index contributed by atoms with van der Waals surface area (Å²) in [5, 5.41) is 11.3. The van der Waals surface area contributed by atoms with Crippen molar-refractivity contribution in [3.05, 3.63) is 33.3 Å². The molecule has 0 aliphatic carbocycles. The van der Waals surface area contributed by atoms with E-state index >= 15 is 0 Å². The highest BCUT2D eigenvalue weighted by atomic mass is 127. The van der Waals surface area contributed by atoms with E-state index in [4.69, 9.17) is 5.26 Å². The van der Waals surface area contributed by atoms with Crippen LogP contribution in [0.1, 0.15) is 0 Å². The molecule has 0 atom stereocenters. The minimum absolute atomic E-state index is 0.302. The van der Waals surface area contributed by atoms with Crippen LogP contribution in [0.4, 0.5) is 4.39 Å². The predicted octanol–water partition coefficient (Wildman–Crippen LogP) is 2.17. The first-order valence-corrected chi connectivity index (χ1v) is 4.53. The topological polar surface area (TPSA) is 35.8 Å². The summed E-state index contributed by atoms with van der Waals surface area (Å²) in [4.78, 5) is 0. The van der Waals surface area contributed by atoms with E-state index in [-0.39, 0.29) is 5.83 Å². The van der Waals surface area contributed by atoms with Crippen molar-refractivity contribution in [2.75, 3.05) is 6.54 Å². The lowest BCUT2D eigenvalue weighted by molar-refractivity contribution is 0.629. The predicted molar refractivity (Wildman–Crippen MR) is 53.0 cm³/mol. The maximum Gasteiger partial charge on any atom is 0.152 e. The van der Waals surface area contributed by atoms with Crippen molar-refractivity contribution >= 4 is 22.6 Å². The summed E-state index contributed by atoms with van der Waals surface area (Å²) in [6.45, 7) is 0.403. The molecule has 0 aromatic carbocycles. The van der Waals surface area contributed by atoms with Gasteiger partial charge < -0.3 is 5.32 Å². The van der Waals surface area contributed by atoms with Crippen LogP contribution < -0.4 is 5.32 Å². The van der Waals surface area contributed by atoms with E-state index in [0.717, 1.165) is 0 Å². The standard InChI is InChI=1S/C8H6FIN2/c9-7(3-10)8-2-1-6(4-11)5-12-8/h1-3,12H,5H2/b7-3-. The zero-order valence-electron chi connectivity index (χ0n) is 6.14. The Kier molecular flexibility index (Phi) is 3.29. The van der Waals surface area contributed by atoms with Crippen LogP contribution in [0.25, 0.3) is 0 Å². The van der Waals surface area contributed by atoms with Gasteiger partial charge in [0.15, 0.2) is 5.83 Å². The van der Waals surface area contributed by atoms with Crippen LogP contribution in [-0.4, -0.2) is 6.54 Å². The van der Waals surface area contributed by atoms with Gasteiger partial charge in [-0.05, 0) is 34.7 Å². The molecule has 12 heavy (non-hydrogen) atoms. The fraction of sp³-hybridized carbons (Fsp3) is 0.125. The minimum Gasteiger partial charge on any atom is -0.378 e. The Hall–Kier alpha value is -0.830. The number of dihydropyridines is 1. The van der Waals surface area contributed by atoms with E-state index in [1.807, 2.05) is 28.7 Å². The normalized spacial score (nSPS) is 17.2. The Morgan fingerprint density at radius 2 is 2.50 bits per heavy atom. The summed E-state index contributed by atoms with van der Waals surface area (Å²) < 4.78 is 14.2. The van der Waals surface area contributed by atoms with E-state index in [9.17, 15) is 4.39 Å². The molecule has 0 amide bonds. The SMILES string of the molecule is N#CC1=CC=C(/C(F)=C/I)NC1. The zero-order chi connectivity index (χ0) is 8.97. The average Bonchev–Trinajstić information content (AvgIpc) is 2.17. The van der Waals surface area contributed by atoms with Crippen molar-refractivity contribution in [1.29, 1.82) is 5.26 Å². The number of halogens is 2. The summed E-state index contributed by atoms with van der Waals surface area (Å²) in [5.74, 6) is -0.302. The van der Waals surface area contributed by atoms with E-state index < -0.39 is 0 Å². The molecule has 0 aromatic rings. The summed E-state index contributed by atoms with van der Waals surface area (Å²) >= 11 is 1.83. The Labute approximate surface area is 83.6 Å². The molecule has 0 radical (unpaired) electrons. The molecule has 1 aliphatic heterocycles. The summed E-state index contributed by atoms with van der Waals surface area (Å²) in [6, 6.07) is 1.99. The van der Waals surface area contributed by atoms with Gasteiger partial charge in [-0.25, -0.2) is 4.39 Å². The van der Waals surface area contributed by atoms with Crippen molar-refractivity contribution in [3.8, 4) is 6.07 Å². The van der Waals surface area contributed by atoms with Crippen LogP contribution in [-0.2, 0) is 0 Å². The van der Waals surface area contributed by atoms with Crippen molar-refractivity contribution in [2.24, 2.45) is 0 Å². The second kappa shape index (κ2) is 4.26. The lowest BCUT2D eigenvalue weighted by Gasteiger charge is -2.11. The molecule has 0 saturated heterocycles. The molecule has 1 heterocycles. The van der Waals surface area contributed by atoms with Gasteiger partial charge in [-0.2, -0.15) is 5.26 Å². The summed E-state index contributed by atoms with van der Waals surface area (Å²) in [5.41, 5.74) is 1.04. The van der Waals surface area contributed by atoms with E-state index in [1.54, 1.807) is 12.2 Å². The van der Waals surface area contributed by atoms with Gasteiger partial charge in [-0.1, -0.05) is 0 Å². The Morgan fingerprint density at radius 3 is 2.92 bits per heavy atom. The van der Waals surface area contributed by atoms with Gasteiger partial charge in [0, 0.05) is 9.66 Å². The largest absolute Gasteiger partial charge is 0.378 e. The van der Waals surface area contributed by atoms with Crippen LogP contribution in [0.2, 0.25) is 0 Å². The van der Waals surface area contributed by atoms with Crippen LogP contribution in [0.3, 0.4) is 0 Å². The molecular formula is C8H6FIN2. The van der Waals surface area contributed by atoms with Gasteiger partial charge in [-0.15, -0.1) is 0 Å². The fourth-order valence-corrected chi connectivity index (χ4v) is 1.13. The van der Waals surface area contributed by atoms with E-state index in [1.165, 1.54) is 4.08 Å². The lowest BCUT2D eigenvalue weighted by atomic mass is 10.2. The molecule has 1 aliphatic rings. The first kappa shape index (κ1) is 9.26. The van der Waals surface area contributed by atoms with Crippen LogP contribution in [0, 0.1) is 11.3 Å². The van der Waals surface area contributed by atoms with Crippen molar-refractivity contribution in [1.82, 2.24) is 5.32 Å². The number of hydrogen-bond donors (Lipinski definition) is 1. The molecule has 0 aromatic heterocycles. The number of hydrogen-bond acceptors (Lipinski definition) is 2. The fourth-order valence-electron chi connectivity index (χ4n) is 0.792. The van der Waals surface area contributed by atoms with Crippen molar-refractivity contribution < 1.29 is 4.39 Å². The number of rotatable bonds is 1. The summed E-state index contributed by atoms with van der Waals surface area (Å²) in [7, 11) is 0. The number of nitrogens with zero attached hydrogens (tertiary/aromatic N) is 1. The molecule has 62 valence electrons. The molecule has 0 spiro atoms. The third-order valence-corrected chi connectivity index (χ3v) is 1.96. The molecule has 1 N–H and O–H groups in total. The monoisotopic (exact) mass is 276 g/mol. The second-order valence-electron chi connectivity index (χ2n) is 2.19. The quantitative estimate of drug-likeness (QED) is 0.745. The highest BCUT2D eigenvalue weighted by Crippen LogP contribution is 2.14. The maximum atomic E-state index is 12.9. The van der Waals surface area contributed by atoms with Crippen molar-refractivity contribution in [3.63, 3.8) is 0 Å². The van der Waals surface area contributed by atoms with Gasteiger partial charge >= 0.3 is 0 Å². The first-order valence-electron chi connectivity index (χ1n) is 3.29. The zero-order valence-corrected chi connectivity index (χ0v) is 8.30. The maximum absolute atomic E-state index is 12.9. The highest BCUT2D eigenvalue weighted by molar-refractivity contribution is 14.1. The lowest BCUT2D eigenvalue weighted by Crippen LogP contribution is -2.19. The van der Waals surface area contributed by atoms with Gasteiger partial charge in [0.25, 0.3) is 0 Å². The van der Waals surface area contributed by atoms with Gasteiger partial charge in [0.1, 0.15) is 0 Å². The Balaban J connectivity index is 2.81. The van der Waals surface area contributed by atoms with Gasteiger partial charge in [0.05, 0.1) is 18.3 Å². The second-order valence-corrected chi connectivity index (χ2v) is 2.82. The third-order valence-electron chi connectivity index (χ3n) is 1.42. The van der Waals surface area contributed by atoms with Gasteiger partial charge in [0.2, 0.25) is 0 Å². The van der Waals surface area contributed by atoms with Crippen LogP contribution >= 0.6 is 22.6 Å². The number of nitrogens with one attached hydrogen (secondary N) is 1. The highest BCUT2D eigenvalue weighted by Gasteiger charge is 2.07. The van der Waals surface area contributed by atoms with E-state index in [0.29, 0.717) is 17.8 Å². The average molecular weight is 276 g/mol. The molecule has 0 bridgehead atoms. The number of nitriles is 1. The van der Waals surface area contributed by atoms with Crippen LogP contribution in [0.5, 0.6) is 0 Å². The summed E-state index contributed by atoms with van der Waals surface area (Å²) in [6.07, 6.45) is 3.18. The molecule has 2 nitrogen and oxygen atoms in total. The Morgan fingerprint density at radius 1 is 1.75 bits per heavy atom. The molecule has 1 rings (SSSR count). The first-order chi connectivity index (χ1) is 5.77. The molecule has 4 heteroatoms. The van der Waals surface area contributed by atoms with Crippen LogP contribution in [0.15, 0.2) is 33.3 Å².